The first-order valence-corrected chi connectivity index (χ1v) is 10.1. The Balaban J connectivity index is 2.35. The molecule has 0 aromatic heterocycles. The molecule has 2 aromatic rings. The highest BCUT2D eigenvalue weighted by Gasteiger charge is 2.19. The molecule has 2 aromatic carbocycles. The van der Waals surface area contributed by atoms with Gasteiger partial charge in [-0.1, -0.05) is 34.8 Å². The third-order valence-electron chi connectivity index (χ3n) is 3.93. The number of carbonyl (C=O) groups is 1. The number of ether oxygens (including phenoxy) is 1. The number of nitrogens with one attached hydrogen (secondary N) is 3. The lowest BCUT2D eigenvalue weighted by molar-refractivity contribution is 0.0602. The van der Waals surface area contributed by atoms with E-state index in [1.165, 1.54) is 7.11 Å². The van der Waals surface area contributed by atoms with Crippen molar-refractivity contribution in [2.24, 2.45) is 0 Å². The van der Waals surface area contributed by atoms with Crippen molar-refractivity contribution in [3.8, 4) is 0 Å². The predicted octanol–water partition coefficient (Wildman–Crippen LogP) is 5.35. The molecule has 0 amide bonds. The molecule has 0 spiro atoms. The molecular weight excluding hydrogens is 457 g/mol. The molecule has 0 atom stereocenters. The van der Waals surface area contributed by atoms with Crippen LogP contribution in [0.4, 0.5) is 17.1 Å². The Morgan fingerprint density at radius 2 is 1.79 bits per heavy atom. The fourth-order valence-corrected chi connectivity index (χ4v) is 3.63. The first kappa shape index (κ1) is 23.5. The van der Waals surface area contributed by atoms with Crippen molar-refractivity contribution >= 4 is 75.2 Å². The smallest absolute Gasteiger partial charge is 0.340 e. The molecule has 0 heterocycles. The van der Waals surface area contributed by atoms with Crippen LogP contribution >= 0.6 is 47.0 Å². The fourth-order valence-electron chi connectivity index (χ4n) is 2.57. The molecule has 6 nitrogen and oxygen atoms in total. The third kappa shape index (κ3) is 6.10. The van der Waals surface area contributed by atoms with Crippen molar-refractivity contribution in [3.63, 3.8) is 0 Å². The van der Waals surface area contributed by atoms with Gasteiger partial charge in [0.1, 0.15) is 0 Å². The molecule has 156 valence electrons. The van der Waals surface area contributed by atoms with Gasteiger partial charge in [0.2, 0.25) is 0 Å². The largest absolute Gasteiger partial charge is 0.465 e. The number of aryl methyl sites for hydroxylation is 1. The third-order valence-corrected chi connectivity index (χ3v) is 4.96. The van der Waals surface area contributed by atoms with Gasteiger partial charge in [0.05, 0.1) is 39.8 Å². The van der Waals surface area contributed by atoms with Crippen LogP contribution in [0.1, 0.15) is 22.3 Å². The summed E-state index contributed by atoms with van der Waals surface area (Å²) in [5.74, 6) is -0.535. The lowest BCUT2D eigenvalue weighted by Gasteiger charge is -2.20. The quantitative estimate of drug-likeness (QED) is 0.244. The van der Waals surface area contributed by atoms with E-state index in [0.29, 0.717) is 45.1 Å². The van der Waals surface area contributed by atoms with Gasteiger partial charge >= 0.3 is 5.97 Å². The number of aliphatic hydroxyl groups excluding tert-OH is 1. The number of hydrogen-bond donors (Lipinski definition) is 4. The van der Waals surface area contributed by atoms with Crippen molar-refractivity contribution in [3.05, 3.63) is 50.5 Å². The van der Waals surface area contributed by atoms with Gasteiger partial charge in [0, 0.05) is 18.2 Å². The van der Waals surface area contributed by atoms with Crippen LogP contribution in [0.25, 0.3) is 0 Å². The van der Waals surface area contributed by atoms with E-state index in [2.05, 4.69) is 16.0 Å². The van der Waals surface area contributed by atoms with Gasteiger partial charge in [0.15, 0.2) is 5.11 Å². The number of anilines is 3. The molecule has 0 fully saturated rings. The van der Waals surface area contributed by atoms with Crippen LogP contribution in [-0.4, -0.2) is 36.4 Å². The summed E-state index contributed by atoms with van der Waals surface area (Å²) in [5, 5.41) is 19.7. The van der Waals surface area contributed by atoms with Crippen LogP contribution < -0.4 is 16.0 Å². The maximum atomic E-state index is 12.2. The Hall–Kier alpha value is -1.77. The van der Waals surface area contributed by atoms with Crippen LogP contribution in [0.2, 0.25) is 15.1 Å². The lowest BCUT2D eigenvalue weighted by atomic mass is 10.1. The SMILES string of the molecule is COC(=O)c1ccc(Cl)c(NC(=S)Nc2c(C)cc(Cl)cc2Cl)c1NCCCO. The molecule has 0 saturated heterocycles. The van der Waals surface area contributed by atoms with Gasteiger partial charge in [-0.05, 0) is 55.4 Å². The standard InChI is InChI=1S/C19H20Cl3N3O3S/c1-10-8-11(20)9-14(22)15(10)24-19(29)25-17-13(21)5-4-12(18(27)28-2)16(17)23-6-3-7-26/h4-5,8-9,23,26H,3,6-7H2,1-2H3,(H2,24,25,29). The van der Waals surface area contributed by atoms with Gasteiger partial charge in [-0.2, -0.15) is 0 Å². The summed E-state index contributed by atoms with van der Waals surface area (Å²) >= 11 is 24.0. The van der Waals surface area contributed by atoms with E-state index in [-0.39, 0.29) is 17.3 Å². The Labute approximate surface area is 189 Å². The second-order valence-electron chi connectivity index (χ2n) is 6.00. The first-order chi connectivity index (χ1) is 13.8. The van der Waals surface area contributed by atoms with E-state index in [0.717, 1.165) is 5.56 Å². The summed E-state index contributed by atoms with van der Waals surface area (Å²) in [6.07, 6.45) is 0.481. The molecule has 0 aliphatic heterocycles. The number of benzene rings is 2. The van der Waals surface area contributed by atoms with Crippen LogP contribution in [0.5, 0.6) is 0 Å². The monoisotopic (exact) mass is 475 g/mol. The van der Waals surface area contributed by atoms with Crippen molar-refractivity contribution in [1.29, 1.82) is 0 Å². The van der Waals surface area contributed by atoms with E-state index in [4.69, 9.17) is 56.9 Å². The molecule has 0 saturated carbocycles. The molecule has 0 aliphatic rings. The van der Waals surface area contributed by atoms with Crippen LogP contribution in [0, 0.1) is 6.92 Å². The molecular formula is C19H20Cl3N3O3S. The fraction of sp³-hybridized carbons (Fsp3) is 0.263. The van der Waals surface area contributed by atoms with E-state index in [1.54, 1.807) is 24.3 Å². The molecule has 4 N–H and O–H groups in total. The normalized spacial score (nSPS) is 10.4. The summed E-state index contributed by atoms with van der Waals surface area (Å²) in [6, 6.07) is 6.48. The van der Waals surface area contributed by atoms with Crippen molar-refractivity contribution < 1.29 is 14.6 Å². The van der Waals surface area contributed by atoms with E-state index < -0.39 is 5.97 Å². The Bertz CT molecular complexity index is 902. The van der Waals surface area contributed by atoms with E-state index in [1.807, 2.05) is 6.92 Å². The van der Waals surface area contributed by atoms with Crippen molar-refractivity contribution in [2.45, 2.75) is 13.3 Å². The average molecular weight is 477 g/mol. The number of esters is 1. The second-order valence-corrected chi connectivity index (χ2v) is 7.66. The Kier molecular flexibility index (Phi) is 8.79. The molecule has 0 bridgehead atoms. The van der Waals surface area contributed by atoms with Gasteiger partial charge in [-0.3, -0.25) is 0 Å². The van der Waals surface area contributed by atoms with Crippen molar-refractivity contribution in [1.82, 2.24) is 0 Å². The zero-order valence-corrected chi connectivity index (χ0v) is 18.8. The number of halogens is 3. The van der Waals surface area contributed by atoms with Crippen LogP contribution in [0.3, 0.4) is 0 Å². The van der Waals surface area contributed by atoms with Crippen LogP contribution in [0.15, 0.2) is 24.3 Å². The summed E-state index contributed by atoms with van der Waals surface area (Å²) in [6.45, 7) is 2.26. The zero-order chi connectivity index (χ0) is 21.6. The highest BCUT2D eigenvalue weighted by Crippen LogP contribution is 2.35. The average Bonchev–Trinajstić information content (AvgIpc) is 2.66. The lowest BCUT2D eigenvalue weighted by Crippen LogP contribution is -2.22. The number of rotatable bonds is 7. The van der Waals surface area contributed by atoms with Crippen LogP contribution in [-0.2, 0) is 4.74 Å². The van der Waals surface area contributed by atoms with E-state index >= 15 is 0 Å². The molecule has 10 heteroatoms. The highest BCUT2D eigenvalue weighted by molar-refractivity contribution is 7.80. The second kappa shape index (κ2) is 10.8. The number of aliphatic hydroxyl groups is 1. The summed E-state index contributed by atoms with van der Waals surface area (Å²) in [4.78, 5) is 12.2. The maximum Gasteiger partial charge on any atom is 0.340 e. The number of hydrogen-bond acceptors (Lipinski definition) is 5. The van der Waals surface area contributed by atoms with Gasteiger partial charge < -0.3 is 25.8 Å². The summed E-state index contributed by atoms with van der Waals surface area (Å²) in [7, 11) is 1.29. The Morgan fingerprint density at radius 1 is 1.10 bits per heavy atom. The topological polar surface area (TPSA) is 82.6 Å². The highest BCUT2D eigenvalue weighted by atomic mass is 35.5. The molecule has 2 rings (SSSR count). The number of carbonyl (C=O) groups excluding carboxylic acids is 1. The zero-order valence-electron chi connectivity index (χ0n) is 15.7. The molecule has 0 radical (unpaired) electrons. The van der Waals surface area contributed by atoms with E-state index in [9.17, 15) is 4.79 Å². The van der Waals surface area contributed by atoms with Gasteiger partial charge in [0.25, 0.3) is 0 Å². The van der Waals surface area contributed by atoms with Gasteiger partial charge in [-0.25, -0.2) is 4.79 Å². The molecule has 0 aliphatic carbocycles. The minimum Gasteiger partial charge on any atom is -0.465 e. The van der Waals surface area contributed by atoms with Gasteiger partial charge in [-0.15, -0.1) is 0 Å². The summed E-state index contributed by atoms with van der Waals surface area (Å²) < 4.78 is 4.84. The van der Waals surface area contributed by atoms with Crippen molar-refractivity contribution in [2.75, 3.05) is 36.2 Å². The molecule has 0 unspecified atom stereocenters. The number of thiocarbonyl (C=S) groups is 1. The summed E-state index contributed by atoms with van der Waals surface area (Å²) in [5.41, 5.74) is 2.50. The first-order valence-electron chi connectivity index (χ1n) is 8.57. The minimum atomic E-state index is -0.535. The molecule has 29 heavy (non-hydrogen) atoms. The Morgan fingerprint density at radius 3 is 2.41 bits per heavy atom. The predicted molar refractivity (Wildman–Crippen MR) is 124 cm³/mol. The maximum absolute atomic E-state index is 12.2. The number of methoxy groups -OCH3 is 1. The minimum absolute atomic E-state index is 0.00179.